The van der Waals surface area contributed by atoms with Gasteiger partial charge in [-0.15, -0.1) is 0 Å². The molecule has 10 nitrogen and oxygen atoms in total. The minimum Gasteiger partial charge on any atom is -0.372 e. The van der Waals surface area contributed by atoms with Crippen LogP contribution in [0.3, 0.4) is 0 Å². The molecule has 1 aliphatic rings. The summed E-state index contributed by atoms with van der Waals surface area (Å²) in [4.78, 5) is 35.5. The Balaban J connectivity index is 1.43. The molecule has 3 aromatic heterocycles. The maximum absolute atomic E-state index is 12.4. The third kappa shape index (κ3) is 5.76. The van der Waals surface area contributed by atoms with E-state index in [1.165, 1.54) is 17.2 Å². The van der Waals surface area contributed by atoms with E-state index in [2.05, 4.69) is 72.0 Å². The fourth-order valence-corrected chi connectivity index (χ4v) is 5.71. The fraction of sp³-hybridized carbons (Fsp3) is 0.265. The number of nitrogens with zero attached hydrogens (tertiary/aromatic N) is 7. The van der Waals surface area contributed by atoms with Gasteiger partial charge in [-0.05, 0) is 69.3 Å². The number of benzene rings is 2. The van der Waals surface area contributed by atoms with Gasteiger partial charge in [-0.2, -0.15) is 0 Å². The van der Waals surface area contributed by atoms with Crippen molar-refractivity contribution in [2.24, 2.45) is 0 Å². The number of hydrogen-bond acceptors (Lipinski definition) is 8. The summed E-state index contributed by atoms with van der Waals surface area (Å²) >= 11 is 0. The number of aromatic nitrogens is 5. The summed E-state index contributed by atoms with van der Waals surface area (Å²) in [6, 6.07) is 12.3. The quantitative estimate of drug-likeness (QED) is 0.201. The molecule has 44 heavy (non-hydrogen) atoms. The SMILES string of the molecule is C=CC(=O)Nc1cc(Nc2ncc(-c3ncccn3)c(-c3cn4c5c(cccc35)CCC4)n2)c(C)cc1N(C)CCN(C)C. The molecule has 0 saturated heterocycles. The van der Waals surface area contributed by atoms with Crippen LogP contribution in [0.25, 0.3) is 33.5 Å². The lowest BCUT2D eigenvalue weighted by Gasteiger charge is -2.25. The van der Waals surface area contributed by atoms with E-state index < -0.39 is 0 Å². The fourth-order valence-electron chi connectivity index (χ4n) is 5.71. The Labute approximate surface area is 257 Å². The van der Waals surface area contributed by atoms with Crippen LogP contribution in [0.4, 0.5) is 23.0 Å². The number of para-hydroxylation sites is 1. The molecule has 0 bridgehead atoms. The second-order valence-corrected chi connectivity index (χ2v) is 11.4. The van der Waals surface area contributed by atoms with Gasteiger partial charge in [0.1, 0.15) is 0 Å². The Morgan fingerprint density at radius 2 is 1.86 bits per heavy atom. The van der Waals surface area contributed by atoms with E-state index in [1.54, 1.807) is 24.7 Å². The summed E-state index contributed by atoms with van der Waals surface area (Å²) < 4.78 is 2.33. The zero-order valence-corrected chi connectivity index (χ0v) is 25.6. The zero-order chi connectivity index (χ0) is 30.8. The first-order valence-corrected chi connectivity index (χ1v) is 14.8. The Hall–Kier alpha value is -5.09. The minimum absolute atomic E-state index is 0.277. The van der Waals surface area contributed by atoms with Crippen LogP contribution in [0, 0.1) is 6.92 Å². The Bertz CT molecular complexity index is 1850. The molecular formula is C34H37N9O. The molecular weight excluding hydrogens is 550 g/mol. The molecule has 1 aliphatic heterocycles. The van der Waals surface area contributed by atoms with E-state index in [9.17, 15) is 4.79 Å². The lowest BCUT2D eigenvalue weighted by molar-refractivity contribution is -0.111. The molecule has 1 amide bonds. The van der Waals surface area contributed by atoms with E-state index in [-0.39, 0.29) is 5.91 Å². The van der Waals surface area contributed by atoms with Crippen molar-refractivity contribution >= 4 is 39.8 Å². The Morgan fingerprint density at radius 3 is 2.64 bits per heavy atom. The number of amides is 1. The molecule has 0 spiro atoms. The average Bonchev–Trinajstić information content (AvgIpc) is 3.42. The second-order valence-electron chi connectivity index (χ2n) is 11.4. The largest absolute Gasteiger partial charge is 0.372 e. The van der Waals surface area contributed by atoms with Crippen molar-refractivity contribution in [2.45, 2.75) is 26.3 Å². The standard InChI is InChI=1S/C34H37N9O/c1-6-30(44)38-28-19-27(22(2)18-29(28)42(5)17-16-41(3)4)39-34-37-20-25(33-35-13-9-14-36-33)31(40-34)26-21-43-15-8-11-23-10-7-12-24(26)32(23)43/h6-7,9-10,12-14,18-21H,1,8,11,15-17H2,2-5H3,(H,38,44)(H,37,39,40). The van der Waals surface area contributed by atoms with Gasteiger partial charge in [0, 0.05) is 68.1 Å². The molecule has 0 aliphatic carbocycles. The monoisotopic (exact) mass is 587 g/mol. The van der Waals surface area contributed by atoms with Crippen molar-refractivity contribution in [2.75, 3.05) is 49.8 Å². The zero-order valence-electron chi connectivity index (χ0n) is 25.6. The number of rotatable bonds is 10. The van der Waals surface area contributed by atoms with Crippen LogP contribution >= 0.6 is 0 Å². The molecule has 2 N–H and O–H groups in total. The molecule has 2 aromatic carbocycles. The van der Waals surface area contributed by atoms with Gasteiger partial charge < -0.3 is 25.0 Å². The van der Waals surface area contributed by atoms with E-state index in [0.29, 0.717) is 17.5 Å². The highest BCUT2D eigenvalue weighted by molar-refractivity contribution is 6.02. The maximum atomic E-state index is 12.4. The first-order valence-electron chi connectivity index (χ1n) is 14.8. The van der Waals surface area contributed by atoms with Crippen LogP contribution in [0.1, 0.15) is 17.5 Å². The molecule has 0 unspecified atom stereocenters. The summed E-state index contributed by atoms with van der Waals surface area (Å²) in [5.74, 6) is 0.724. The molecule has 4 heterocycles. The molecule has 5 aromatic rings. The third-order valence-corrected chi connectivity index (χ3v) is 8.00. The summed E-state index contributed by atoms with van der Waals surface area (Å²) in [5.41, 5.74) is 8.50. The highest BCUT2D eigenvalue weighted by Crippen LogP contribution is 2.39. The lowest BCUT2D eigenvalue weighted by atomic mass is 10.0. The van der Waals surface area contributed by atoms with E-state index in [1.807, 2.05) is 34.1 Å². The number of carbonyl (C=O) groups is 1. The minimum atomic E-state index is -0.277. The smallest absolute Gasteiger partial charge is 0.247 e. The average molecular weight is 588 g/mol. The predicted octanol–water partition coefficient (Wildman–Crippen LogP) is 5.68. The van der Waals surface area contributed by atoms with Crippen molar-refractivity contribution in [3.8, 4) is 22.6 Å². The van der Waals surface area contributed by atoms with Crippen LogP contribution < -0.4 is 15.5 Å². The summed E-state index contributed by atoms with van der Waals surface area (Å²) in [6.07, 6.45) is 10.9. The van der Waals surface area contributed by atoms with Gasteiger partial charge in [-0.3, -0.25) is 4.79 Å². The Morgan fingerprint density at radius 1 is 1.05 bits per heavy atom. The van der Waals surface area contributed by atoms with Gasteiger partial charge in [0.2, 0.25) is 11.9 Å². The number of aryl methyl sites for hydroxylation is 3. The molecule has 6 rings (SSSR count). The van der Waals surface area contributed by atoms with Gasteiger partial charge in [-0.25, -0.2) is 19.9 Å². The second kappa shape index (κ2) is 12.3. The highest BCUT2D eigenvalue weighted by Gasteiger charge is 2.22. The lowest BCUT2D eigenvalue weighted by Crippen LogP contribution is -2.29. The molecule has 0 atom stereocenters. The molecule has 0 saturated carbocycles. The first kappa shape index (κ1) is 29.0. The van der Waals surface area contributed by atoms with Crippen molar-refractivity contribution in [3.05, 3.63) is 85.0 Å². The van der Waals surface area contributed by atoms with Crippen molar-refractivity contribution in [1.82, 2.24) is 29.4 Å². The number of nitrogens with one attached hydrogen (secondary N) is 2. The molecule has 10 heteroatoms. The summed E-state index contributed by atoms with van der Waals surface area (Å²) in [7, 11) is 6.11. The van der Waals surface area contributed by atoms with E-state index in [4.69, 9.17) is 9.97 Å². The van der Waals surface area contributed by atoms with Crippen LogP contribution in [0.15, 0.2) is 73.8 Å². The predicted molar refractivity (Wildman–Crippen MR) is 177 cm³/mol. The summed E-state index contributed by atoms with van der Waals surface area (Å²) in [5, 5.41) is 7.56. The van der Waals surface area contributed by atoms with Gasteiger partial charge in [-0.1, -0.05) is 24.8 Å². The van der Waals surface area contributed by atoms with Gasteiger partial charge in [0.25, 0.3) is 0 Å². The van der Waals surface area contributed by atoms with Crippen LogP contribution in [0.2, 0.25) is 0 Å². The normalized spacial score (nSPS) is 12.4. The van der Waals surface area contributed by atoms with Crippen molar-refractivity contribution < 1.29 is 4.79 Å². The number of hydrogen-bond donors (Lipinski definition) is 2. The molecule has 224 valence electrons. The van der Waals surface area contributed by atoms with E-state index >= 15 is 0 Å². The summed E-state index contributed by atoms with van der Waals surface area (Å²) in [6.45, 7) is 8.29. The van der Waals surface area contributed by atoms with Crippen LogP contribution in [-0.2, 0) is 17.8 Å². The van der Waals surface area contributed by atoms with Crippen molar-refractivity contribution in [1.29, 1.82) is 0 Å². The third-order valence-electron chi connectivity index (χ3n) is 8.00. The maximum Gasteiger partial charge on any atom is 0.247 e. The molecule has 0 radical (unpaired) electrons. The highest BCUT2D eigenvalue weighted by atomic mass is 16.1. The number of likely N-dealkylation sites (N-methyl/N-ethyl adjacent to an activating group) is 2. The topological polar surface area (TPSA) is 104 Å². The number of carbonyl (C=O) groups excluding carboxylic acids is 1. The van der Waals surface area contributed by atoms with Crippen molar-refractivity contribution in [3.63, 3.8) is 0 Å². The first-order chi connectivity index (χ1) is 21.3. The van der Waals surface area contributed by atoms with Gasteiger partial charge in [0.05, 0.1) is 28.1 Å². The Kier molecular flexibility index (Phi) is 8.08. The molecule has 0 fully saturated rings. The number of anilines is 4. The van der Waals surface area contributed by atoms with Crippen LogP contribution in [0.5, 0.6) is 0 Å². The van der Waals surface area contributed by atoms with Gasteiger partial charge >= 0.3 is 0 Å². The van der Waals surface area contributed by atoms with Crippen LogP contribution in [-0.4, -0.2) is 69.5 Å². The van der Waals surface area contributed by atoms with E-state index in [0.717, 1.165) is 71.6 Å². The van der Waals surface area contributed by atoms with Gasteiger partial charge in [0.15, 0.2) is 5.82 Å².